The summed E-state index contributed by atoms with van der Waals surface area (Å²) in [7, 11) is 1.68. The number of nitrogens with two attached hydrogens (primary N) is 1. The predicted molar refractivity (Wildman–Crippen MR) is 53.8 cm³/mol. The predicted octanol–water partition coefficient (Wildman–Crippen LogP) is 0.595. The Kier molecular flexibility index (Phi) is 4.25. The van der Waals surface area contributed by atoms with Crippen LogP contribution < -0.4 is 5.73 Å². The number of rotatable bonds is 5. The Morgan fingerprint density at radius 1 is 1.21 bits per heavy atom. The Hall–Kier alpha value is -1.23. The van der Waals surface area contributed by atoms with Crippen molar-refractivity contribution >= 4 is 5.95 Å². The maximum Gasteiger partial charge on any atom is 0.223 e. The summed E-state index contributed by atoms with van der Waals surface area (Å²) in [6.07, 6.45) is 2.47. The number of aromatic nitrogens is 3. The number of hydrogen-bond donors (Lipinski definition) is 1. The van der Waals surface area contributed by atoms with Crippen molar-refractivity contribution < 1.29 is 4.74 Å². The van der Waals surface area contributed by atoms with Gasteiger partial charge in [-0.15, -0.1) is 0 Å². The minimum absolute atomic E-state index is 0.310. The Morgan fingerprint density at radius 3 is 2.57 bits per heavy atom. The molecule has 14 heavy (non-hydrogen) atoms. The maximum absolute atomic E-state index is 5.55. The molecule has 1 rings (SSSR count). The van der Waals surface area contributed by atoms with Crippen molar-refractivity contribution in [2.75, 3.05) is 19.5 Å². The fraction of sp³-hybridized carbons (Fsp3) is 0.667. The van der Waals surface area contributed by atoms with Crippen molar-refractivity contribution in [2.24, 2.45) is 0 Å². The lowest BCUT2D eigenvalue weighted by atomic mass is 10.3. The average Bonchev–Trinajstić information content (AvgIpc) is 2.17. The molecule has 0 spiro atoms. The molecule has 0 radical (unpaired) electrons. The van der Waals surface area contributed by atoms with E-state index in [0.29, 0.717) is 12.6 Å². The van der Waals surface area contributed by atoms with E-state index in [1.165, 1.54) is 0 Å². The van der Waals surface area contributed by atoms with Gasteiger partial charge in [-0.3, -0.25) is 0 Å². The molecule has 0 unspecified atom stereocenters. The SMILES string of the molecule is CCc1nc(N)nc(CCCOC)n1. The lowest BCUT2D eigenvalue weighted by Crippen LogP contribution is -2.07. The van der Waals surface area contributed by atoms with Gasteiger partial charge in [-0.2, -0.15) is 9.97 Å². The van der Waals surface area contributed by atoms with Gasteiger partial charge in [0, 0.05) is 26.6 Å². The van der Waals surface area contributed by atoms with Gasteiger partial charge < -0.3 is 10.5 Å². The van der Waals surface area contributed by atoms with Crippen molar-refractivity contribution in [2.45, 2.75) is 26.2 Å². The molecule has 0 amide bonds. The van der Waals surface area contributed by atoms with Gasteiger partial charge in [-0.25, -0.2) is 4.98 Å². The molecule has 0 saturated heterocycles. The van der Waals surface area contributed by atoms with Crippen molar-refractivity contribution in [3.8, 4) is 0 Å². The third kappa shape index (κ3) is 3.26. The standard InChI is InChI=1S/C9H16N4O/c1-3-7-11-8(5-4-6-14-2)13-9(10)12-7/h3-6H2,1-2H3,(H2,10,11,12,13). The first-order valence-corrected chi connectivity index (χ1v) is 4.74. The Bertz CT molecular complexity index is 290. The number of nitrogens with zero attached hydrogens (tertiary/aromatic N) is 3. The van der Waals surface area contributed by atoms with Crippen LogP contribution in [0.4, 0.5) is 5.95 Å². The zero-order valence-corrected chi connectivity index (χ0v) is 8.66. The molecular weight excluding hydrogens is 180 g/mol. The second-order valence-corrected chi connectivity index (χ2v) is 2.98. The maximum atomic E-state index is 5.55. The molecule has 2 N–H and O–H groups in total. The van der Waals surface area contributed by atoms with E-state index in [2.05, 4.69) is 15.0 Å². The van der Waals surface area contributed by atoms with Crippen LogP contribution in [0.2, 0.25) is 0 Å². The van der Waals surface area contributed by atoms with E-state index >= 15 is 0 Å². The molecule has 1 heterocycles. The van der Waals surface area contributed by atoms with Crippen LogP contribution in [0.15, 0.2) is 0 Å². The van der Waals surface area contributed by atoms with Crippen molar-refractivity contribution in [1.29, 1.82) is 0 Å². The van der Waals surface area contributed by atoms with Crippen LogP contribution in [0.25, 0.3) is 0 Å². The lowest BCUT2D eigenvalue weighted by Gasteiger charge is -2.02. The summed E-state index contributed by atoms with van der Waals surface area (Å²) in [6, 6.07) is 0. The highest BCUT2D eigenvalue weighted by atomic mass is 16.5. The summed E-state index contributed by atoms with van der Waals surface area (Å²) in [5, 5.41) is 0. The smallest absolute Gasteiger partial charge is 0.223 e. The summed E-state index contributed by atoms with van der Waals surface area (Å²) < 4.78 is 4.95. The van der Waals surface area contributed by atoms with Gasteiger partial charge in [0.05, 0.1) is 0 Å². The van der Waals surface area contributed by atoms with E-state index in [1.54, 1.807) is 7.11 Å². The molecule has 5 heteroatoms. The van der Waals surface area contributed by atoms with Gasteiger partial charge in [0.1, 0.15) is 11.6 Å². The fourth-order valence-electron chi connectivity index (χ4n) is 1.13. The number of ether oxygens (including phenoxy) is 1. The van der Waals surface area contributed by atoms with Crippen LogP contribution in [0, 0.1) is 0 Å². The Balaban J connectivity index is 2.62. The van der Waals surface area contributed by atoms with Crippen molar-refractivity contribution in [3.05, 3.63) is 11.6 Å². The van der Waals surface area contributed by atoms with Gasteiger partial charge >= 0.3 is 0 Å². The van der Waals surface area contributed by atoms with E-state index in [9.17, 15) is 0 Å². The fourth-order valence-corrected chi connectivity index (χ4v) is 1.13. The van der Waals surface area contributed by atoms with E-state index in [1.807, 2.05) is 6.92 Å². The van der Waals surface area contributed by atoms with Crippen LogP contribution in [0.5, 0.6) is 0 Å². The van der Waals surface area contributed by atoms with Crippen LogP contribution in [-0.4, -0.2) is 28.7 Å². The quantitative estimate of drug-likeness (QED) is 0.698. The van der Waals surface area contributed by atoms with E-state index in [4.69, 9.17) is 10.5 Å². The molecule has 0 aliphatic heterocycles. The highest BCUT2D eigenvalue weighted by Crippen LogP contribution is 2.01. The van der Waals surface area contributed by atoms with Crippen molar-refractivity contribution in [1.82, 2.24) is 15.0 Å². The van der Waals surface area contributed by atoms with E-state index in [0.717, 1.165) is 30.9 Å². The largest absolute Gasteiger partial charge is 0.385 e. The van der Waals surface area contributed by atoms with E-state index in [-0.39, 0.29) is 0 Å². The number of hydrogen-bond acceptors (Lipinski definition) is 5. The molecule has 0 saturated carbocycles. The molecule has 1 aromatic rings. The highest BCUT2D eigenvalue weighted by molar-refractivity contribution is 5.15. The van der Waals surface area contributed by atoms with Crippen LogP contribution in [-0.2, 0) is 17.6 Å². The normalized spacial score (nSPS) is 10.4. The number of methoxy groups -OCH3 is 1. The third-order valence-electron chi connectivity index (χ3n) is 1.81. The summed E-state index contributed by atoms with van der Waals surface area (Å²) in [5.41, 5.74) is 5.55. The van der Waals surface area contributed by atoms with Gasteiger partial charge in [-0.1, -0.05) is 6.92 Å². The Labute approximate surface area is 83.7 Å². The van der Waals surface area contributed by atoms with Crippen LogP contribution >= 0.6 is 0 Å². The monoisotopic (exact) mass is 196 g/mol. The second kappa shape index (κ2) is 5.49. The number of nitrogen functional groups attached to an aromatic ring is 1. The molecular formula is C9H16N4O. The lowest BCUT2D eigenvalue weighted by molar-refractivity contribution is 0.194. The molecule has 1 aromatic heterocycles. The van der Waals surface area contributed by atoms with E-state index < -0.39 is 0 Å². The molecule has 0 aliphatic carbocycles. The summed E-state index contributed by atoms with van der Waals surface area (Å²) >= 11 is 0. The molecule has 0 aromatic carbocycles. The first-order chi connectivity index (χ1) is 6.76. The average molecular weight is 196 g/mol. The summed E-state index contributed by atoms with van der Waals surface area (Å²) in [4.78, 5) is 12.3. The van der Waals surface area contributed by atoms with Crippen LogP contribution in [0.1, 0.15) is 25.0 Å². The first kappa shape index (κ1) is 10.8. The number of anilines is 1. The van der Waals surface area contributed by atoms with Gasteiger partial charge in [0.15, 0.2) is 0 Å². The molecule has 0 aliphatic rings. The Morgan fingerprint density at radius 2 is 1.93 bits per heavy atom. The summed E-state index contributed by atoms with van der Waals surface area (Å²) in [5.74, 6) is 1.82. The molecule has 0 bridgehead atoms. The molecule has 0 fully saturated rings. The van der Waals surface area contributed by atoms with Gasteiger partial charge in [0.25, 0.3) is 0 Å². The molecule has 0 atom stereocenters. The third-order valence-corrected chi connectivity index (χ3v) is 1.81. The molecule has 78 valence electrons. The van der Waals surface area contributed by atoms with Crippen LogP contribution in [0.3, 0.4) is 0 Å². The van der Waals surface area contributed by atoms with Gasteiger partial charge in [0.2, 0.25) is 5.95 Å². The molecule has 5 nitrogen and oxygen atoms in total. The second-order valence-electron chi connectivity index (χ2n) is 2.98. The number of aryl methyl sites for hydroxylation is 2. The van der Waals surface area contributed by atoms with Crippen molar-refractivity contribution in [3.63, 3.8) is 0 Å². The topological polar surface area (TPSA) is 73.9 Å². The van der Waals surface area contributed by atoms with Gasteiger partial charge in [-0.05, 0) is 6.42 Å². The first-order valence-electron chi connectivity index (χ1n) is 4.74. The highest BCUT2D eigenvalue weighted by Gasteiger charge is 2.02. The zero-order chi connectivity index (χ0) is 10.4. The minimum atomic E-state index is 0.310. The summed E-state index contributed by atoms with van der Waals surface area (Å²) in [6.45, 7) is 2.71. The zero-order valence-electron chi connectivity index (χ0n) is 8.66. The minimum Gasteiger partial charge on any atom is -0.385 e.